The molecule has 5 heteroatoms. The van der Waals surface area contributed by atoms with Gasteiger partial charge in [0.2, 0.25) is 5.91 Å². The van der Waals surface area contributed by atoms with Gasteiger partial charge in [0.1, 0.15) is 0 Å². The van der Waals surface area contributed by atoms with Crippen molar-refractivity contribution in [2.75, 3.05) is 5.32 Å². The number of hydrogen-bond acceptors (Lipinski definition) is 3. The Morgan fingerprint density at radius 2 is 1.76 bits per heavy atom. The van der Waals surface area contributed by atoms with E-state index in [1.165, 1.54) is 17.7 Å². The summed E-state index contributed by atoms with van der Waals surface area (Å²) in [6.45, 7) is 0. The van der Waals surface area contributed by atoms with Crippen molar-refractivity contribution in [3.05, 3.63) is 70.3 Å². The SMILES string of the molecule is O=C(Nc1ccc([N+](=O)[O-])cc1)[C@H]1C[C@@H]1c1ccccc1. The summed E-state index contributed by atoms with van der Waals surface area (Å²) in [6, 6.07) is 15.8. The number of nitro groups is 1. The van der Waals surface area contributed by atoms with E-state index in [-0.39, 0.29) is 23.4 Å². The highest BCUT2D eigenvalue weighted by molar-refractivity contribution is 5.95. The second-order valence-corrected chi connectivity index (χ2v) is 5.15. The highest BCUT2D eigenvalue weighted by Crippen LogP contribution is 2.47. The fourth-order valence-electron chi connectivity index (χ4n) is 2.45. The van der Waals surface area contributed by atoms with Crippen molar-refractivity contribution in [3.8, 4) is 0 Å². The van der Waals surface area contributed by atoms with Gasteiger partial charge in [-0.1, -0.05) is 30.3 Å². The average Bonchev–Trinajstić information content (AvgIpc) is 3.29. The first-order valence-electron chi connectivity index (χ1n) is 6.75. The minimum absolute atomic E-state index is 0.0115. The number of amides is 1. The highest BCUT2D eigenvalue weighted by atomic mass is 16.6. The molecule has 2 aromatic rings. The van der Waals surface area contributed by atoms with Gasteiger partial charge in [0.25, 0.3) is 5.69 Å². The summed E-state index contributed by atoms with van der Waals surface area (Å²) >= 11 is 0. The topological polar surface area (TPSA) is 72.2 Å². The molecule has 1 aliphatic carbocycles. The maximum atomic E-state index is 12.1. The number of carbonyl (C=O) groups excluding carboxylic acids is 1. The monoisotopic (exact) mass is 282 g/mol. The van der Waals surface area contributed by atoms with Gasteiger partial charge >= 0.3 is 0 Å². The summed E-state index contributed by atoms with van der Waals surface area (Å²) < 4.78 is 0. The summed E-state index contributed by atoms with van der Waals surface area (Å²) in [6.07, 6.45) is 0.850. The number of carbonyl (C=O) groups is 1. The Hall–Kier alpha value is -2.69. The van der Waals surface area contributed by atoms with Gasteiger partial charge in [0.15, 0.2) is 0 Å². The molecule has 1 aliphatic rings. The van der Waals surface area contributed by atoms with Crippen molar-refractivity contribution in [1.82, 2.24) is 0 Å². The molecular formula is C16H14N2O3. The Kier molecular flexibility index (Phi) is 3.39. The van der Waals surface area contributed by atoms with E-state index in [0.29, 0.717) is 5.69 Å². The lowest BCUT2D eigenvalue weighted by atomic mass is 10.1. The molecule has 1 saturated carbocycles. The Morgan fingerprint density at radius 3 is 2.38 bits per heavy atom. The van der Waals surface area contributed by atoms with E-state index in [1.54, 1.807) is 12.1 Å². The van der Waals surface area contributed by atoms with Crippen LogP contribution in [0.25, 0.3) is 0 Å². The van der Waals surface area contributed by atoms with Crippen molar-refractivity contribution in [2.45, 2.75) is 12.3 Å². The van der Waals surface area contributed by atoms with Crippen molar-refractivity contribution < 1.29 is 9.72 Å². The molecule has 0 saturated heterocycles. The molecule has 3 rings (SSSR count). The van der Waals surface area contributed by atoms with Crippen molar-refractivity contribution in [3.63, 3.8) is 0 Å². The van der Waals surface area contributed by atoms with Crippen LogP contribution in [-0.2, 0) is 4.79 Å². The molecule has 2 atom stereocenters. The third-order valence-electron chi connectivity index (χ3n) is 3.70. The molecule has 1 fully saturated rings. The number of non-ortho nitro benzene ring substituents is 1. The van der Waals surface area contributed by atoms with Crippen LogP contribution in [0.5, 0.6) is 0 Å². The molecule has 0 heterocycles. The largest absolute Gasteiger partial charge is 0.326 e. The van der Waals surface area contributed by atoms with Crippen LogP contribution in [0.15, 0.2) is 54.6 Å². The second-order valence-electron chi connectivity index (χ2n) is 5.15. The molecule has 0 spiro atoms. The van der Waals surface area contributed by atoms with Gasteiger partial charge in [0.05, 0.1) is 4.92 Å². The third kappa shape index (κ3) is 2.91. The highest BCUT2D eigenvalue weighted by Gasteiger charge is 2.43. The summed E-state index contributed by atoms with van der Waals surface area (Å²) in [5.74, 6) is 0.240. The lowest BCUT2D eigenvalue weighted by molar-refractivity contribution is -0.384. The molecule has 106 valence electrons. The van der Waals surface area contributed by atoms with Crippen LogP contribution in [0.3, 0.4) is 0 Å². The minimum Gasteiger partial charge on any atom is -0.326 e. The predicted molar refractivity (Wildman–Crippen MR) is 79.0 cm³/mol. The lowest BCUT2D eigenvalue weighted by Gasteiger charge is -2.04. The first-order chi connectivity index (χ1) is 10.1. The van der Waals surface area contributed by atoms with Gasteiger partial charge in [-0.3, -0.25) is 14.9 Å². The quantitative estimate of drug-likeness (QED) is 0.690. The molecule has 0 aliphatic heterocycles. The van der Waals surface area contributed by atoms with Gasteiger partial charge in [-0.05, 0) is 30.0 Å². The van der Waals surface area contributed by atoms with Crippen molar-refractivity contribution in [2.24, 2.45) is 5.92 Å². The average molecular weight is 282 g/mol. The fourth-order valence-corrected chi connectivity index (χ4v) is 2.45. The van der Waals surface area contributed by atoms with E-state index >= 15 is 0 Å². The van der Waals surface area contributed by atoms with Gasteiger partial charge < -0.3 is 5.32 Å². The molecule has 21 heavy (non-hydrogen) atoms. The smallest absolute Gasteiger partial charge is 0.269 e. The molecule has 2 aromatic carbocycles. The molecule has 1 amide bonds. The molecular weight excluding hydrogens is 268 g/mol. The minimum atomic E-state index is -0.460. The summed E-state index contributed by atoms with van der Waals surface area (Å²) in [7, 11) is 0. The van der Waals surface area contributed by atoms with Crippen LogP contribution in [-0.4, -0.2) is 10.8 Å². The van der Waals surface area contributed by atoms with E-state index in [4.69, 9.17) is 0 Å². The normalized spacial score (nSPS) is 19.8. The molecule has 0 radical (unpaired) electrons. The Morgan fingerprint density at radius 1 is 1.10 bits per heavy atom. The fraction of sp³-hybridized carbons (Fsp3) is 0.188. The number of anilines is 1. The number of benzene rings is 2. The number of nitrogens with one attached hydrogen (secondary N) is 1. The van der Waals surface area contributed by atoms with E-state index in [0.717, 1.165) is 6.42 Å². The molecule has 1 N–H and O–H groups in total. The van der Waals surface area contributed by atoms with Crippen LogP contribution in [0.2, 0.25) is 0 Å². The van der Waals surface area contributed by atoms with Gasteiger partial charge in [0, 0.05) is 23.7 Å². The Labute approximate surface area is 121 Å². The standard InChI is InChI=1S/C16H14N2O3/c19-16(15-10-14(15)11-4-2-1-3-5-11)17-12-6-8-13(9-7-12)18(20)21/h1-9,14-15H,10H2,(H,17,19)/t14-,15+/m1/s1. The van der Waals surface area contributed by atoms with Crippen LogP contribution in [0.4, 0.5) is 11.4 Å². The lowest BCUT2D eigenvalue weighted by Crippen LogP contribution is -2.14. The zero-order valence-electron chi connectivity index (χ0n) is 11.2. The number of hydrogen-bond donors (Lipinski definition) is 1. The summed E-state index contributed by atoms with van der Waals surface area (Å²) in [5.41, 5.74) is 1.78. The Balaban J connectivity index is 1.62. The van der Waals surface area contributed by atoms with Crippen LogP contribution < -0.4 is 5.32 Å². The van der Waals surface area contributed by atoms with Crippen LogP contribution in [0, 0.1) is 16.0 Å². The second kappa shape index (κ2) is 5.36. The molecule has 0 bridgehead atoms. The van der Waals surface area contributed by atoms with Crippen molar-refractivity contribution >= 4 is 17.3 Å². The van der Waals surface area contributed by atoms with Crippen LogP contribution in [0.1, 0.15) is 17.9 Å². The maximum Gasteiger partial charge on any atom is 0.269 e. The zero-order valence-corrected chi connectivity index (χ0v) is 11.2. The maximum absolute atomic E-state index is 12.1. The van der Waals surface area contributed by atoms with Crippen LogP contribution >= 0.6 is 0 Å². The number of nitrogens with zero attached hydrogens (tertiary/aromatic N) is 1. The van der Waals surface area contributed by atoms with E-state index in [9.17, 15) is 14.9 Å². The van der Waals surface area contributed by atoms with Gasteiger partial charge in [-0.2, -0.15) is 0 Å². The molecule has 0 unspecified atom stereocenters. The molecule has 5 nitrogen and oxygen atoms in total. The first-order valence-corrected chi connectivity index (χ1v) is 6.75. The van der Waals surface area contributed by atoms with E-state index in [1.807, 2.05) is 30.3 Å². The van der Waals surface area contributed by atoms with Crippen molar-refractivity contribution in [1.29, 1.82) is 0 Å². The Bertz CT molecular complexity index is 668. The van der Waals surface area contributed by atoms with Gasteiger partial charge in [-0.25, -0.2) is 0 Å². The number of rotatable bonds is 4. The van der Waals surface area contributed by atoms with Gasteiger partial charge in [-0.15, -0.1) is 0 Å². The third-order valence-corrected chi connectivity index (χ3v) is 3.70. The summed E-state index contributed by atoms with van der Waals surface area (Å²) in [5, 5.41) is 13.4. The first kappa shape index (κ1) is 13.3. The van der Waals surface area contributed by atoms with E-state index < -0.39 is 4.92 Å². The van der Waals surface area contributed by atoms with E-state index in [2.05, 4.69) is 5.32 Å². The number of nitro benzene ring substituents is 1. The summed E-state index contributed by atoms with van der Waals surface area (Å²) in [4.78, 5) is 22.2. The zero-order chi connectivity index (χ0) is 14.8. The predicted octanol–water partition coefficient (Wildman–Crippen LogP) is 3.34. The molecule has 0 aromatic heterocycles.